The zero-order valence-corrected chi connectivity index (χ0v) is 12.1. The van der Waals surface area contributed by atoms with Gasteiger partial charge in [-0.15, -0.1) is 0 Å². The van der Waals surface area contributed by atoms with Crippen LogP contribution in [0, 0.1) is 12.8 Å². The van der Waals surface area contributed by atoms with Gasteiger partial charge in [-0.2, -0.15) is 0 Å². The first-order chi connectivity index (χ1) is 8.56. The van der Waals surface area contributed by atoms with Gasteiger partial charge in [-0.1, -0.05) is 25.4 Å². The molecule has 0 saturated heterocycles. The zero-order chi connectivity index (χ0) is 13.1. The van der Waals surface area contributed by atoms with Gasteiger partial charge in [-0.25, -0.2) is 0 Å². The highest BCUT2D eigenvalue weighted by Crippen LogP contribution is 2.24. The Morgan fingerprint density at radius 1 is 1.39 bits per heavy atom. The molecule has 1 aliphatic rings. The molecule has 1 unspecified atom stereocenters. The zero-order valence-electron chi connectivity index (χ0n) is 11.4. The van der Waals surface area contributed by atoms with Crippen LogP contribution in [0.5, 0.6) is 5.75 Å². The first-order valence-electron chi connectivity index (χ1n) is 6.72. The number of rotatable bonds is 6. The Balaban J connectivity index is 1.95. The van der Waals surface area contributed by atoms with Crippen LogP contribution >= 0.6 is 11.6 Å². The average molecular weight is 268 g/mol. The SMILES string of the molecule is Cc1cc(OC(CNC2CC2)C(C)C)ccc1Cl. The summed E-state index contributed by atoms with van der Waals surface area (Å²) in [6.45, 7) is 7.32. The lowest BCUT2D eigenvalue weighted by Crippen LogP contribution is -2.36. The first-order valence-corrected chi connectivity index (χ1v) is 7.10. The summed E-state index contributed by atoms with van der Waals surface area (Å²) >= 11 is 6.02. The van der Waals surface area contributed by atoms with E-state index in [4.69, 9.17) is 16.3 Å². The maximum absolute atomic E-state index is 6.07. The normalized spacial score (nSPS) is 16.9. The van der Waals surface area contributed by atoms with Crippen LogP contribution in [-0.2, 0) is 0 Å². The lowest BCUT2D eigenvalue weighted by atomic mass is 10.1. The topological polar surface area (TPSA) is 21.3 Å². The highest BCUT2D eigenvalue weighted by molar-refractivity contribution is 6.31. The maximum atomic E-state index is 6.07. The molecule has 0 amide bonds. The Bertz CT molecular complexity index is 401. The molecule has 3 heteroatoms. The van der Waals surface area contributed by atoms with E-state index >= 15 is 0 Å². The number of benzene rings is 1. The molecule has 100 valence electrons. The van der Waals surface area contributed by atoms with Crippen LogP contribution in [0.3, 0.4) is 0 Å². The van der Waals surface area contributed by atoms with Crippen molar-refractivity contribution in [2.45, 2.75) is 45.8 Å². The van der Waals surface area contributed by atoms with Gasteiger partial charge in [0.25, 0.3) is 0 Å². The van der Waals surface area contributed by atoms with E-state index in [-0.39, 0.29) is 6.10 Å². The van der Waals surface area contributed by atoms with Crippen molar-refractivity contribution >= 4 is 11.6 Å². The van der Waals surface area contributed by atoms with Crippen LogP contribution in [0.2, 0.25) is 5.02 Å². The third-order valence-corrected chi connectivity index (χ3v) is 3.77. The molecule has 1 aliphatic carbocycles. The van der Waals surface area contributed by atoms with Crippen molar-refractivity contribution in [1.82, 2.24) is 5.32 Å². The smallest absolute Gasteiger partial charge is 0.120 e. The van der Waals surface area contributed by atoms with Crippen molar-refractivity contribution in [3.05, 3.63) is 28.8 Å². The van der Waals surface area contributed by atoms with Crippen LogP contribution in [-0.4, -0.2) is 18.7 Å². The molecule has 0 spiro atoms. The Hall–Kier alpha value is -0.730. The van der Waals surface area contributed by atoms with E-state index in [1.807, 2.05) is 25.1 Å². The first kappa shape index (κ1) is 13.7. The Morgan fingerprint density at radius 3 is 2.67 bits per heavy atom. The summed E-state index contributed by atoms with van der Waals surface area (Å²) < 4.78 is 6.07. The van der Waals surface area contributed by atoms with Crippen LogP contribution in [0.4, 0.5) is 0 Å². The second-order valence-electron chi connectivity index (χ2n) is 5.49. The standard InChI is InChI=1S/C15H22ClNO/c1-10(2)15(9-17-12-4-5-12)18-13-6-7-14(16)11(3)8-13/h6-8,10,12,15,17H,4-5,9H2,1-3H3. The van der Waals surface area contributed by atoms with Gasteiger partial charge in [0.15, 0.2) is 0 Å². The summed E-state index contributed by atoms with van der Waals surface area (Å²) in [5, 5.41) is 4.32. The van der Waals surface area contributed by atoms with Gasteiger partial charge in [-0.3, -0.25) is 0 Å². The number of hydrogen-bond donors (Lipinski definition) is 1. The molecular formula is C15H22ClNO. The summed E-state index contributed by atoms with van der Waals surface area (Å²) in [7, 11) is 0. The lowest BCUT2D eigenvalue weighted by molar-refractivity contribution is 0.148. The maximum Gasteiger partial charge on any atom is 0.120 e. The van der Waals surface area contributed by atoms with Crippen molar-refractivity contribution < 1.29 is 4.74 Å². The number of halogens is 1. The number of nitrogens with one attached hydrogen (secondary N) is 1. The van der Waals surface area contributed by atoms with E-state index in [2.05, 4.69) is 19.2 Å². The average Bonchev–Trinajstić information content (AvgIpc) is 3.12. The molecule has 2 nitrogen and oxygen atoms in total. The molecule has 0 radical (unpaired) electrons. The molecule has 1 saturated carbocycles. The van der Waals surface area contributed by atoms with Crippen LogP contribution in [0.25, 0.3) is 0 Å². The highest BCUT2D eigenvalue weighted by Gasteiger charge is 2.23. The van der Waals surface area contributed by atoms with Gasteiger partial charge < -0.3 is 10.1 Å². The molecular weight excluding hydrogens is 246 g/mol. The van der Waals surface area contributed by atoms with E-state index in [9.17, 15) is 0 Å². The monoisotopic (exact) mass is 267 g/mol. The van der Waals surface area contributed by atoms with Crippen LogP contribution in [0.15, 0.2) is 18.2 Å². The van der Waals surface area contributed by atoms with Gasteiger partial charge >= 0.3 is 0 Å². The van der Waals surface area contributed by atoms with E-state index in [1.54, 1.807) is 0 Å². The van der Waals surface area contributed by atoms with Crippen molar-refractivity contribution in [2.24, 2.45) is 5.92 Å². The fourth-order valence-electron chi connectivity index (χ4n) is 1.85. The molecule has 0 aliphatic heterocycles. The molecule has 1 aromatic rings. The minimum atomic E-state index is 0.214. The molecule has 1 fully saturated rings. The molecule has 1 N–H and O–H groups in total. The van der Waals surface area contributed by atoms with Gasteiger partial charge in [0, 0.05) is 17.6 Å². The van der Waals surface area contributed by atoms with E-state index in [0.29, 0.717) is 5.92 Å². The minimum absolute atomic E-state index is 0.214. The number of ether oxygens (including phenoxy) is 1. The van der Waals surface area contributed by atoms with Crippen molar-refractivity contribution in [2.75, 3.05) is 6.54 Å². The van der Waals surface area contributed by atoms with Gasteiger partial charge in [0.05, 0.1) is 0 Å². The molecule has 0 bridgehead atoms. The predicted octanol–water partition coefficient (Wildman–Crippen LogP) is 3.80. The van der Waals surface area contributed by atoms with E-state index in [0.717, 1.165) is 28.9 Å². The Morgan fingerprint density at radius 2 is 2.11 bits per heavy atom. The number of hydrogen-bond acceptors (Lipinski definition) is 2. The molecule has 1 aromatic carbocycles. The fraction of sp³-hybridized carbons (Fsp3) is 0.600. The van der Waals surface area contributed by atoms with Crippen molar-refractivity contribution in [3.63, 3.8) is 0 Å². The van der Waals surface area contributed by atoms with Gasteiger partial charge in [-0.05, 0) is 49.4 Å². The molecule has 0 heterocycles. The minimum Gasteiger partial charge on any atom is -0.489 e. The predicted molar refractivity (Wildman–Crippen MR) is 76.5 cm³/mol. The quantitative estimate of drug-likeness (QED) is 0.846. The van der Waals surface area contributed by atoms with Crippen LogP contribution < -0.4 is 10.1 Å². The molecule has 0 aromatic heterocycles. The number of aryl methyl sites for hydroxylation is 1. The van der Waals surface area contributed by atoms with Gasteiger partial charge in [0.2, 0.25) is 0 Å². The summed E-state index contributed by atoms with van der Waals surface area (Å²) in [6, 6.07) is 6.58. The third kappa shape index (κ3) is 3.89. The summed E-state index contributed by atoms with van der Waals surface area (Å²) in [5.74, 6) is 1.40. The van der Waals surface area contributed by atoms with Crippen molar-refractivity contribution in [3.8, 4) is 5.75 Å². The van der Waals surface area contributed by atoms with Crippen molar-refractivity contribution in [1.29, 1.82) is 0 Å². The third-order valence-electron chi connectivity index (χ3n) is 3.35. The summed E-state index contributed by atoms with van der Waals surface area (Å²) in [4.78, 5) is 0. The Labute approximate surface area is 115 Å². The fourth-order valence-corrected chi connectivity index (χ4v) is 1.97. The van der Waals surface area contributed by atoms with Crippen LogP contribution in [0.1, 0.15) is 32.3 Å². The molecule has 2 rings (SSSR count). The summed E-state index contributed by atoms with van der Waals surface area (Å²) in [5.41, 5.74) is 1.06. The molecule has 18 heavy (non-hydrogen) atoms. The second kappa shape index (κ2) is 5.94. The van der Waals surface area contributed by atoms with E-state index in [1.165, 1.54) is 12.8 Å². The second-order valence-corrected chi connectivity index (χ2v) is 5.90. The lowest BCUT2D eigenvalue weighted by Gasteiger charge is -2.23. The summed E-state index contributed by atoms with van der Waals surface area (Å²) in [6.07, 6.45) is 2.83. The van der Waals surface area contributed by atoms with E-state index < -0.39 is 0 Å². The largest absolute Gasteiger partial charge is 0.489 e. The Kier molecular flexibility index (Phi) is 4.52. The highest BCUT2D eigenvalue weighted by atomic mass is 35.5. The molecule has 1 atom stereocenters. The van der Waals surface area contributed by atoms with Gasteiger partial charge in [0.1, 0.15) is 11.9 Å².